The summed E-state index contributed by atoms with van der Waals surface area (Å²) in [6, 6.07) is 15.8. The fourth-order valence-corrected chi connectivity index (χ4v) is 15.7. The minimum Gasteiger partial charge on any atom is -0.392 e. The molecule has 1 aromatic heterocycles. The molecule has 6 atom stereocenters. The number of nitrogens with zero attached hydrogens (tertiary/aromatic N) is 5. The third kappa shape index (κ3) is 3.12. The lowest BCUT2D eigenvalue weighted by Gasteiger charge is -2.58. The summed E-state index contributed by atoms with van der Waals surface area (Å²) in [5.74, 6) is -1.11. The average molecular weight is 711 g/mol. The molecule has 11 rings (SSSR count). The Bertz CT molecular complexity index is 1980. The van der Waals surface area contributed by atoms with Gasteiger partial charge in [-0.3, -0.25) is 24.1 Å². The number of rotatable bonds is 5. The molecule has 0 saturated carbocycles. The van der Waals surface area contributed by atoms with E-state index in [9.17, 15) is 29.4 Å². The zero-order valence-corrected chi connectivity index (χ0v) is 28.8. The zero-order chi connectivity index (χ0) is 32.9. The van der Waals surface area contributed by atoms with Crippen molar-refractivity contribution in [2.24, 2.45) is 0 Å². The molecule has 12 nitrogen and oxygen atoms in total. The summed E-state index contributed by atoms with van der Waals surface area (Å²) in [6.45, 7) is -0.994. The van der Waals surface area contributed by atoms with Gasteiger partial charge in [0, 0.05) is 62.3 Å². The molecule has 1 spiro atoms. The highest BCUT2D eigenvalue weighted by atomic mass is 33.1. The second kappa shape index (κ2) is 9.36. The molecule has 8 aliphatic heterocycles. The number of aliphatic hydroxyl groups excluding tert-OH is 2. The van der Waals surface area contributed by atoms with Crippen molar-refractivity contribution in [2.45, 2.75) is 44.0 Å². The first-order chi connectivity index (χ1) is 22.5. The topological polar surface area (TPSA) is 139 Å². The van der Waals surface area contributed by atoms with Crippen LogP contribution < -0.4 is 5.32 Å². The normalized spacial score (nSPS) is 36.8. The molecule has 7 fully saturated rings. The van der Waals surface area contributed by atoms with Crippen LogP contribution in [0.25, 0.3) is 10.9 Å². The van der Waals surface area contributed by atoms with Gasteiger partial charge in [0.1, 0.15) is 11.7 Å². The van der Waals surface area contributed by atoms with Gasteiger partial charge < -0.3 is 34.8 Å². The zero-order valence-electron chi connectivity index (χ0n) is 25.5. The second-order valence-corrected chi connectivity index (χ2v) is 18.3. The average Bonchev–Trinajstić information content (AvgIpc) is 3.71. The van der Waals surface area contributed by atoms with Crippen molar-refractivity contribution in [1.29, 1.82) is 0 Å². The summed E-state index contributed by atoms with van der Waals surface area (Å²) in [4.78, 5) is 57.1. The van der Waals surface area contributed by atoms with E-state index in [2.05, 4.69) is 9.88 Å². The van der Waals surface area contributed by atoms with Crippen LogP contribution >= 0.6 is 43.2 Å². The third-order valence-corrected chi connectivity index (χ3v) is 18.4. The Kier molecular flexibility index (Phi) is 5.99. The number of hydrogen-bond acceptors (Lipinski definition) is 11. The van der Waals surface area contributed by atoms with Gasteiger partial charge in [0.2, 0.25) is 9.74 Å². The molecule has 2 aromatic carbocycles. The van der Waals surface area contributed by atoms with Crippen LogP contribution in [0.15, 0.2) is 54.7 Å². The van der Waals surface area contributed by atoms with Crippen LogP contribution in [0.2, 0.25) is 0 Å². The van der Waals surface area contributed by atoms with Gasteiger partial charge >= 0.3 is 0 Å². The first kappa shape index (κ1) is 30.1. The maximum atomic E-state index is 14.4. The summed E-state index contributed by atoms with van der Waals surface area (Å²) in [7, 11) is 9.90. The number of benzene rings is 2. The van der Waals surface area contributed by atoms with E-state index >= 15 is 0 Å². The van der Waals surface area contributed by atoms with Crippen molar-refractivity contribution in [3.63, 3.8) is 0 Å². The van der Waals surface area contributed by atoms with E-state index in [-0.39, 0.29) is 36.5 Å². The molecule has 3 aromatic rings. The minimum atomic E-state index is -1.43. The molecule has 0 radical (unpaired) electrons. The van der Waals surface area contributed by atoms with Crippen LogP contribution in [0.4, 0.5) is 5.69 Å². The number of fused-ring (bicyclic) bond motifs is 9. The molecule has 3 N–H and O–H groups in total. The smallest absolute Gasteiger partial charge is 0.265 e. The van der Waals surface area contributed by atoms with Gasteiger partial charge in [-0.2, -0.15) is 0 Å². The predicted octanol–water partition coefficient (Wildman–Crippen LogP) is 1.87. The molecule has 9 heterocycles. The number of aliphatic hydroxyl groups is 2. The molecule has 0 unspecified atom stereocenters. The molecular formula is C31H30N6O6S4. The minimum absolute atomic E-state index is 0.203. The Balaban J connectivity index is 1.25. The quantitative estimate of drug-likeness (QED) is 0.335. The number of nitrogens with one attached hydrogen (secondary N) is 1. The van der Waals surface area contributed by atoms with Gasteiger partial charge in [-0.05, 0) is 39.3 Å². The molecule has 47 heavy (non-hydrogen) atoms. The van der Waals surface area contributed by atoms with Gasteiger partial charge in [-0.1, -0.05) is 58.0 Å². The van der Waals surface area contributed by atoms with Crippen molar-refractivity contribution in [3.05, 3.63) is 65.9 Å². The van der Waals surface area contributed by atoms with E-state index in [0.29, 0.717) is 0 Å². The van der Waals surface area contributed by atoms with Gasteiger partial charge in [0.15, 0.2) is 9.74 Å². The Hall–Kier alpha value is -3.02. The maximum Gasteiger partial charge on any atom is 0.265 e. The van der Waals surface area contributed by atoms with E-state index in [1.807, 2.05) is 54.7 Å². The molecule has 4 bridgehead atoms. The highest BCUT2D eigenvalue weighted by molar-refractivity contribution is 8.78. The number of carbonyl (C=O) groups is 4. The van der Waals surface area contributed by atoms with Crippen molar-refractivity contribution in [1.82, 2.24) is 24.2 Å². The van der Waals surface area contributed by atoms with Crippen molar-refractivity contribution >= 4 is 83.4 Å². The summed E-state index contributed by atoms with van der Waals surface area (Å²) in [5.41, 5.74) is 2.55. The number of aromatic nitrogens is 1. The number of carbonyl (C=O) groups excluding carboxylic acids is 4. The number of anilines is 1. The second-order valence-electron chi connectivity index (χ2n) is 13.0. The Morgan fingerprint density at radius 3 is 2.13 bits per heavy atom. The van der Waals surface area contributed by atoms with Gasteiger partial charge in [-0.25, -0.2) is 0 Å². The molecule has 0 aliphatic carbocycles. The van der Waals surface area contributed by atoms with Crippen LogP contribution in [0.5, 0.6) is 0 Å². The van der Waals surface area contributed by atoms with Crippen LogP contribution in [0, 0.1) is 0 Å². The number of piperazine rings is 2. The highest BCUT2D eigenvalue weighted by Crippen LogP contribution is 2.69. The largest absolute Gasteiger partial charge is 0.392 e. The van der Waals surface area contributed by atoms with Crippen LogP contribution in [0.3, 0.4) is 0 Å². The number of para-hydroxylation sites is 2. The monoisotopic (exact) mass is 710 g/mol. The highest BCUT2D eigenvalue weighted by Gasteiger charge is 2.78. The standard InChI is InChI=1S/C31H30N6O6S4/c1-33-25(42)30(15-38)34(2)23(40)28(33,44-46-30)12-17-13-36(21-11-7-4-8-18(17)21)27-14-29-24(41)35(3)31(16-39,47-45-29)26(43)37(29)22(27)32-20-10-6-5-9-19(20)27/h4-11,13,22,32,38-39H,12,14-16H2,1-3H3/t22-,27+,28+,29+,30+,31+/m0/s1. The van der Waals surface area contributed by atoms with Crippen molar-refractivity contribution < 1.29 is 29.4 Å². The lowest BCUT2D eigenvalue weighted by atomic mass is 9.86. The Labute approximate surface area is 285 Å². The summed E-state index contributed by atoms with van der Waals surface area (Å²) >= 11 is 0. The first-order valence-electron chi connectivity index (χ1n) is 15.1. The molecular weight excluding hydrogens is 681 g/mol. The summed E-state index contributed by atoms with van der Waals surface area (Å²) in [6.07, 6.45) is 1.85. The molecule has 8 aliphatic rings. The Morgan fingerprint density at radius 1 is 0.766 bits per heavy atom. The first-order valence-corrected chi connectivity index (χ1v) is 19.4. The van der Waals surface area contributed by atoms with Crippen molar-refractivity contribution in [2.75, 3.05) is 39.7 Å². The predicted molar refractivity (Wildman–Crippen MR) is 182 cm³/mol. The molecule has 4 amide bonds. The van der Waals surface area contributed by atoms with E-state index < -0.39 is 44.4 Å². The van der Waals surface area contributed by atoms with Crippen LogP contribution in [0.1, 0.15) is 17.5 Å². The number of likely N-dealkylation sites (N-methyl/N-ethyl adjacent to an activating group) is 3. The van der Waals surface area contributed by atoms with Crippen molar-refractivity contribution in [3.8, 4) is 0 Å². The molecule has 244 valence electrons. The summed E-state index contributed by atoms with van der Waals surface area (Å²) < 4.78 is 2.16. The van der Waals surface area contributed by atoms with Gasteiger partial charge in [-0.15, -0.1) is 0 Å². The fraction of sp³-hybridized carbons (Fsp3) is 0.419. The maximum absolute atomic E-state index is 14.4. The van der Waals surface area contributed by atoms with E-state index in [4.69, 9.17) is 0 Å². The van der Waals surface area contributed by atoms with Crippen LogP contribution in [-0.2, 0) is 31.1 Å². The molecule has 16 heteroatoms. The van der Waals surface area contributed by atoms with Crippen LogP contribution in [-0.4, -0.2) is 118 Å². The van der Waals surface area contributed by atoms with E-state index in [0.717, 1.165) is 27.7 Å². The lowest BCUT2D eigenvalue weighted by molar-refractivity contribution is -0.166. The summed E-state index contributed by atoms with van der Waals surface area (Å²) in [5, 5.41) is 25.2. The Morgan fingerprint density at radius 2 is 1.36 bits per heavy atom. The van der Waals surface area contributed by atoms with E-state index in [1.54, 1.807) is 26.0 Å². The molecule has 7 saturated heterocycles. The lowest BCUT2D eigenvalue weighted by Crippen LogP contribution is -2.77. The number of hydrogen-bond donors (Lipinski definition) is 3. The van der Waals surface area contributed by atoms with Gasteiger partial charge in [0.05, 0.1) is 13.2 Å². The third-order valence-electron chi connectivity index (χ3n) is 11.1. The fourth-order valence-electron chi connectivity index (χ4n) is 8.49. The van der Waals surface area contributed by atoms with Gasteiger partial charge in [0.25, 0.3) is 23.6 Å². The SMILES string of the molecule is CN1C(=O)[C@@]2(Cc3cn([C@@]45C[C@]67SS[C@](CO)(C(=O)N6[C@@H]4Nc4ccccc45)N(C)C7=O)c4ccccc34)SS[C@]1(CO)C(=O)N2C. The number of amides is 4. The van der Waals surface area contributed by atoms with E-state index in [1.165, 1.54) is 57.9 Å².